The minimum atomic E-state index is -0.199. The van der Waals surface area contributed by atoms with Gasteiger partial charge < -0.3 is 14.8 Å². The third-order valence-electron chi connectivity index (χ3n) is 4.83. The first-order chi connectivity index (χ1) is 13.5. The summed E-state index contributed by atoms with van der Waals surface area (Å²) >= 11 is 0. The van der Waals surface area contributed by atoms with E-state index in [-0.39, 0.29) is 12.0 Å². The van der Waals surface area contributed by atoms with Crippen LogP contribution in [-0.2, 0) is 4.74 Å². The number of ether oxygens (including phenoxy) is 2. The van der Waals surface area contributed by atoms with Crippen LogP contribution in [-0.4, -0.2) is 38.2 Å². The predicted molar refractivity (Wildman–Crippen MR) is 111 cm³/mol. The Kier molecular flexibility index (Phi) is 6.66. The van der Waals surface area contributed by atoms with E-state index in [1.165, 1.54) is 0 Å². The summed E-state index contributed by atoms with van der Waals surface area (Å²) in [4.78, 5) is 17.3. The van der Waals surface area contributed by atoms with Crippen molar-refractivity contribution in [2.24, 2.45) is 4.99 Å². The molecule has 0 saturated carbocycles. The van der Waals surface area contributed by atoms with E-state index in [1.807, 2.05) is 56.3 Å². The molecule has 1 fully saturated rings. The van der Waals surface area contributed by atoms with Gasteiger partial charge in [-0.3, -0.25) is 10.1 Å². The smallest absolute Gasteiger partial charge is 0.257 e. The Bertz CT molecular complexity index is 841. The zero-order valence-electron chi connectivity index (χ0n) is 16.6. The predicted octanol–water partition coefficient (Wildman–Crippen LogP) is 3.69. The highest BCUT2D eigenvalue weighted by Gasteiger charge is 2.16. The largest absolute Gasteiger partial charge is 0.497 e. The Morgan fingerprint density at radius 1 is 1.18 bits per heavy atom. The van der Waals surface area contributed by atoms with Gasteiger partial charge in [-0.05, 0) is 74.2 Å². The van der Waals surface area contributed by atoms with Crippen molar-refractivity contribution in [2.45, 2.75) is 32.8 Å². The van der Waals surface area contributed by atoms with Gasteiger partial charge >= 0.3 is 0 Å². The lowest BCUT2D eigenvalue weighted by Gasteiger charge is -2.14. The number of carbonyl (C=O) groups excluding carboxylic acids is 1. The third kappa shape index (κ3) is 5.33. The van der Waals surface area contributed by atoms with Crippen LogP contribution in [0.4, 0.5) is 5.69 Å². The Morgan fingerprint density at radius 3 is 2.61 bits per heavy atom. The Hall–Kier alpha value is -2.86. The van der Waals surface area contributed by atoms with E-state index in [4.69, 9.17) is 9.47 Å². The average molecular weight is 381 g/mol. The van der Waals surface area contributed by atoms with Gasteiger partial charge in [-0.2, -0.15) is 0 Å². The Balaban J connectivity index is 1.74. The lowest BCUT2D eigenvalue weighted by molar-refractivity contribution is 0.0975. The molecule has 2 aromatic rings. The van der Waals surface area contributed by atoms with Crippen molar-refractivity contribution in [1.82, 2.24) is 5.32 Å². The van der Waals surface area contributed by atoms with Crippen LogP contribution in [0.3, 0.4) is 0 Å². The first-order valence-electron chi connectivity index (χ1n) is 9.51. The number of guanidine groups is 1. The van der Waals surface area contributed by atoms with Crippen molar-refractivity contribution in [2.75, 3.05) is 25.6 Å². The normalized spacial score (nSPS) is 16.7. The molecule has 0 spiro atoms. The van der Waals surface area contributed by atoms with E-state index in [1.54, 1.807) is 7.11 Å². The summed E-state index contributed by atoms with van der Waals surface area (Å²) in [5, 5.41) is 6.08. The van der Waals surface area contributed by atoms with E-state index >= 15 is 0 Å². The number of hydrogen-bond acceptors (Lipinski definition) is 4. The molecule has 28 heavy (non-hydrogen) atoms. The molecule has 0 aromatic heterocycles. The molecule has 0 radical (unpaired) electrons. The maximum atomic E-state index is 12.7. The first kappa shape index (κ1) is 19.9. The summed E-state index contributed by atoms with van der Waals surface area (Å²) < 4.78 is 10.8. The molecular weight excluding hydrogens is 354 g/mol. The fraction of sp³-hybridized carbons (Fsp3) is 0.364. The van der Waals surface area contributed by atoms with Crippen molar-refractivity contribution in [3.8, 4) is 5.75 Å². The molecular formula is C22H27N3O3. The topological polar surface area (TPSA) is 71.9 Å². The van der Waals surface area contributed by atoms with Gasteiger partial charge in [0, 0.05) is 17.9 Å². The molecule has 148 valence electrons. The molecule has 6 heteroatoms. The number of hydrogen-bond donors (Lipinski definition) is 2. The van der Waals surface area contributed by atoms with E-state index in [0.717, 1.165) is 42.0 Å². The number of carbonyl (C=O) groups is 1. The van der Waals surface area contributed by atoms with Gasteiger partial charge in [-0.1, -0.05) is 6.07 Å². The van der Waals surface area contributed by atoms with Gasteiger partial charge in [0.25, 0.3) is 5.91 Å². The molecule has 1 heterocycles. The van der Waals surface area contributed by atoms with E-state index in [2.05, 4.69) is 15.6 Å². The molecule has 3 rings (SSSR count). The van der Waals surface area contributed by atoms with Crippen molar-refractivity contribution < 1.29 is 14.3 Å². The standard InChI is InChI=1S/C22H27N3O3/c1-15-6-7-17(13-16(15)2)21(26)25-22(23-14-20-5-4-12-28-20)24-18-8-10-19(27-3)11-9-18/h6-11,13,20H,4-5,12,14H2,1-3H3,(H2,23,24,25,26)/t20-/m1/s1. The maximum Gasteiger partial charge on any atom is 0.257 e. The molecule has 1 amide bonds. The fourth-order valence-corrected chi connectivity index (χ4v) is 2.97. The molecule has 1 aliphatic heterocycles. The van der Waals surface area contributed by atoms with Gasteiger partial charge in [0.1, 0.15) is 5.75 Å². The minimum absolute atomic E-state index is 0.103. The molecule has 1 saturated heterocycles. The monoisotopic (exact) mass is 381 g/mol. The summed E-state index contributed by atoms with van der Waals surface area (Å²) in [6.07, 6.45) is 2.15. The van der Waals surface area contributed by atoms with Crippen molar-refractivity contribution in [3.63, 3.8) is 0 Å². The van der Waals surface area contributed by atoms with Crippen LogP contribution >= 0.6 is 0 Å². The lowest BCUT2D eigenvalue weighted by atomic mass is 10.1. The second kappa shape index (κ2) is 9.37. The number of amides is 1. The van der Waals surface area contributed by atoms with Gasteiger partial charge in [-0.25, -0.2) is 4.99 Å². The molecule has 2 N–H and O–H groups in total. The summed E-state index contributed by atoms with van der Waals surface area (Å²) in [6, 6.07) is 13.1. The lowest BCUT2D eigenvalue weighted by Crippen LogP contribution is -2.36. The van der Waals surface area contributed by atoms with Gasteiger partial charge in [-0.15, -0.1) is 0 Å². The second-order valence-corrected chi connectivity index (χ2v) is 6.93. The van der Waals surface area contributed by atoms with Crippen molar-refractivity contribution in [1.29, 1.82) is 0 Å². The first-order valence-corrected chi connectivity index (χ1v) is 9.51. The van der Waals surface area contributed by atoms with E-state index < -0.39 is 0 Å². The van der Waals surface area contributed by atoms with Gasteiger partial charge in [0.05, 0.1) is 19.8 Å². The Labute approximate surface area is 166 Å². The van der Waals surface area contributed by atoms with Crippen LogP contribution in [0.2, 0.25) is 0 Å². The van der Waals surface area contributed by atoms with Crippen LogP contribution in [0, 0.1) is 13.8 Å². The van der Waals surface area contributed by atoms with Crippen LogP contribution in [0.25, 0.3) is 0 Å². The molecule has 0 bridgehead atoms. The summed E-state index contributed by atoms with van der Waals surface area (Å²) in [6.45, 7) is 5.30. The highest BCUT2D eigenvalue weighted by molar-refractivity contribution is 6.10. The number of rotatable bonds is 5. The van der Waals surface area contributed by atoms with E-state index in [0.29, 0.717) is 18.1 Å². The number of methoxy groups -OCH3 is 1. The second-order valence-electron chi connectivity index (χ2n) is 6.93. The van der Waals surface area contributed by atoms with Crippen LogP contribution in [0.5, 0.6) is 5.75 Å². The number of aryl methyl sites for hydroxylation is 2. The van der Waals surface area contributed by atoms with Crippen molar-refractivity contribution in [3.05, 3.63) is 59.2 Å². The molecule has 1 atom stereocenters. The highest BCUT2D eigenvalue weighted by Crippen LogP contribution is 2.16. The van der Waals surface area contributed by atoms with Crippen molar-refractivity contribution >= 4 is 17.6 Å². The van der Waals surface area contributed by atoms with Crippen LogP contribution in [0.1, 0.15) is 34.3 Å². The Morgan fingerprint density at radius 2 is 1.96 bits per heavy atom. The number of anilines is 1. The molecule has 1 aliphatic rings. The van der Waals surface area contributed by atoms with Gasteiger partial charge in [0.15, 0.2) is 0 Å². The van der Waals surface area contributed by atoms with Crippen LogP contribution in [0.15, 0.2) is 47.5 Å². The molecule has 6 nitrogen and oxygen atoms in total. The number of benzene rings is 2. The summed E-state index contributed by atoms with van der Waals surface area (Å²) in [5.74, 6) is 0.974. The fourth-order valence-electron chi connectivity index (χ4n) is 2.97. The minimum Gasteiger partial charge on any atom is -0.497 e. The van der Waals surface area contributed by atoms with E-state index in [9.17, 15) is 4.79 Å². The zero-order valence-corrected chi connectivity index (χ0v) is 16.6. The highest BCUT2D eigenvalue weighted by atomic mass is 16.5. The average Bonchev–Trinajstić information content (AvgIpc) is 3.22. The summed E-state index contributed by atoms with van der Waals surface area (Å²) in [7, 11) is 1.63. The third-order valence-corrected chi connectivity index (χ3v) is 4.83. The number of nitrogens with zero attached hydrogens (tertiary/aromatic N) is 1. The molecule has 0 unspecified atom stereocenters. The zero-order chi connectivity index (χ0) is 19.9. The molecule has 2 aromatic carbocycles. The quantitative estimate of drug-likeness (QED) is 0.612. The number of aliphatic imine (C=N–C) groups is 1. The van der Waals surface area contributed by atoms with Crippen LogP contribution < -0.4 is 15.4 Å². The maximum absolute atomic E-state index is 12.7. The number of nitrogens with one attached hydrogen (secondary N) is 2. The SMILES string of the molecule is COc1ccc(NC(=NC[C@H]2CCCO2)NC(=O)c2ccc(C)c(C)c2)cc1. The molecule has 0 aliphatic carbocycles. The summed E-state index contributed by atoms with van der Waals surface area (Å²) in [5.41, 5.74) is 3.64. The van der Waals surface area contributed by atoms with Gasteiger partial charge in [0.2, 0.25) is 5.96 Å².